The summed E-state index contributed by atoms with van der Waals surface area (Å²) in [7, 11) is 0. The van der Waals surface area contributed by atoms with Crippen LogP contribution in [0.4, 0.5) is 4.79 Å². The fraction of sp³-hybridized carbons (Fsp3) is 0.875. The van der Waals surface area contributed by atoms with Crippen LogP contribution in [0, 0.1) is 0 Å². The highest BCUT2D eigenvalue weighted by atomic mass is 32.2. The summed E-state index contributed by atoms with van der Waals surface area (Å²) < 4.78 is 4.88. The molecule has 0 aliphatic carbocycles. The third kappa shape index (κ3) is 4.39. The highest BCUT2D eigenvalue weighted by molar-refractivity contribution is 8.00. The fourth-order valence-electron chi connectivity index (χ4n) is 3.77. The second kappa shape index (κ2) is 8.60. The number of Topliss-reactive ketones (excluding diaryl/α,β-unsaturated/α-hetero) is 1. The Hall–Kier alpha value is -0.950. The largest absolute Gasteiger partial charge is 0.387 e. The quantitative estimate of drug-likeness (QED) is 0.178. The first-order valence-corrected chi connectivity index (χ1v) is 10.1. The SMILES string of the molecule is O=C1N[C@H]2[C@H](CS[C@H]2CCCCC(=O)C(O)[C@H]2O[C@H](O)[C@H](O)[C@@H](O)[C@H]2O)N1. The van der Waals surface area contributed by atoms with E-state index in [4.69, 9.17) is 4.74 Å². The van der Waals surface area contributed by atoms with Crippen molar-refractivity contribution < 1.29 is 39.9 Å². The van der Waals surface area contributed by atoms with Crippen LogP contribution in [-0.2, 0) is 9.53 Å². The number of urea groups is 1. The van der Waals surface area contributed by atoms with Gasteiger partial charge in [-0.05, 0) is 12.8 Å². The number of hydrogen-bond donors (Lipinski definition) is 7. The van der Waals surface area contributed by atoms with Crippen molar-refractivity contribution in [1.82, 2.24) is 10.6 Å². The molecule has 3 saturated heterocycles. The van der Waals surface area contributed by atoms with Crippen LogP contribution in [0.5, 0.6) is 0 Å². The number of nitrogens with one attached hydrogen (secondary N) is 2. The van der Waals surface area contributed by atoms with Gasteiger partial charge in [0, 0.05) is 17.4 Å². The Kier molecular flexibility index (Phi) is 6.62. The summed E-state index contributed by atoms with van der Waals surface area (Å²) in [6, 6.07) is 0.104. The molecule has 10 nitrogen and oxygen atoms in total. The van der Waals surface area contributed by atoms with Crippen LogP contribution < -0.4 is 10.6 Å². The van der Waals surface area contributed by atoms with Gasteiger partial charge in [-0.2, -0.15) is 11.8 Å². The molecule has 0 radical (unpaired) electrons. The molecule has 3 aliphatic rings. The van der Waals surface area contributed by atoms with Crippen LogP contribution in [-0.4, -0.2) is 97.2 Å². The summed E-state index contributed by atoms with van der Waals surface area (Å²) in [5, 5.41) is 54.6. The van der Waals surface area contributed by atoms with Gasteiger partial charge in [0.15, 0.2) is 12.1 Å². The van der Waals surface area contributed by atoms with E-state index in [1.54, 1.807) is 11.8 Å². The molecule has 3 aliphatic heterocycles. The Bertz CT molecular complexity index is 567. The number of ketones is 1. The van der Waals surface area contributed by atoms with E-state index in [1.807, 2.05) is 0 Å². The number of ether oxygens (including phenoxy) is 1. The van der Waals surface area contributed by atoms with E-state index in [1.165, 1.54) is 0 Å². The number of unbranched alkanes of at least 4 members (excludes halogenated alkanes) is 1. The number of aliphatic hydroxyl groups is 5. The van der Waals surface area contributed by atoms with Crippen LogP contribution in [0.3, 0.4) is 0 Å². The molecule has 11 heteroatoms. The molecule has 7 N–H and O–H groups in total. The van der Waals surface area contributed by atoms with E-state index < -0.39 is 42.6 Å². The minimum Gasteiger partial charge on any atom is -0.387 e. The number of aliphatic hydroxyl groups excluding tert-OH is 5. The molecule has 3 rings (SSSR count). The van der Waals surface area contributed by atoms with Crippen molar-refractivity contribution in [1.29, 1.82) is 0 Å². The summed E-state index contributed by atoms with van der Waals surface area (Å²) in [5.74, 6) is 0.293. The first-order chi connectivity index (χ1) is 12.8. The van der Waals surface area contributed by atoms with Crippen molar-refractivity contribution in [2.45, 2.75) is 79.8 Å². The highest BCUT2D eigenvalue weighted by Crippen LogP contribution is 2.33. The van der Waals surface area contributed by atoms with E-state index >= 15 is 0 Å². The van der Waals surface area contributed by atoms with Crippen molar-refractivity contribution in [3.8, 4) is 0 Å². The van der Waals surface area contributed by atoms with Crippen LogP contribution in [0.1, 0.15) is 25.7 Å². The minimum absolute atomic E-state index is 0.0541. The Morgan fingerprint density at radius 3 is 2.63 bits per heavy atom. The van der Waals surface area contributed by atoms with Gasteiger partial charge in [-0.25, -0.2) is 4.79 Å². The Morgan fingerprint density at radius 2 is 1.89 bits per heavy atom. The van der Waals surface area contributed by atoms with Crippen LogP contribution in [0.15, 0.2) is 0 Å². The normalized spacial score (nSPS) is 42.3. The fourth-order valence-corrected chi connectivity index (χ4v) is 5.31. The summed E-state index contributed by atoms with van der Waals surface area (Å²) in [6.45, 7) is 0. The summed E-state index contributed by atoms with van der Waals surface area (Å²) >= 11 is 1.78. The van der Waals surface area contributed by atoms with Crippen LogP contribution in [0.25, 0.3) is 0 Å². The molecular formula is C16H26N2O8S. The first-order valence-electron chi connectivity index (χ1n) is 9.06. The topological polar surface area (TPSA) is 169 Å². The molecule has 0 aromatic carbocycles. The number of thioether (sulfide) groups is 1. The Morgan fingerprint density at radius 1 is 1.15 bits per heavy atom. The number of fused-ring (bicyclic) bond motifs is 1. The molecule has 154 valence electrons. The van der Waals surface area contributed by atoms with Gasteiger partial charge in [0.2, 0.25) is 0 Å². The molecule has 0 spiro atoms. The highest BCUT2D eigenvalue weighted by Gasteiger charge is 2.47. The second-order valence-corrected chi connectivity index (χ2v) is 8.51. The monoisotopic (exact) mass is 406 g/mol. The summed E-state index contributed by atoms with van der Waals surface area (Å²) in [6.07, 6.45) is -8.00. The smallest absolute Gasteiger partial charge is 0.315 e. The number of carbonyl (C=O) groups is 2. The van der Waals surface area contributed by atoms with Crippen molar-refractivity contribution in [3.63, 3.8) is 0 Å². The van der Waals surface area contributed by atoms with Crippen molar-refractivity contribution >= 4 is 23.6 Å². The number of carbonyl (C=O) groups excluding carboxylic acids is 2. The Balaban J connectivity index is 1.41. The predicted octanol–water partition coefficient (Wildman–Crippen LogP) is -2.56. The standard InChI is InChI=1S/C16H26N2O8S/c19-7(10(20)14-12(22)11(21)13(23)15(24)26-14)3-1-2-4-8-9-6(5-27-8)17-16(25)18-9/h6,8-15,20-24H,1-5H2,(H2,17,18,25)/t6-,8-,9-,10?,11-,12+,13+,14+,15-/m0/s1. The zero-order valence-corrected chi connectivity index (χ0v) is 15.4. The summed E-state index contributed by atoms with van der Waals surface area (Å²) in [5.41, 5.74) is 0. The number of amides is 2. The average molecular weight is 406 g/mol. The van der Waals surface area contributed by atoms with Crippen molar-refractivity contribution in [2.24, 2.45) is 0 Å². The molecule has 0 saturated carbocycles. The summed E-state index contributed by atoms with van der Waals surface area (Å²) in [4.78, 5) is 23.5. The number of hydrogen-bond acceptors (Lipinski definition) is 9. The molecule has 1 unspecified atom stereocenters. The van der Waals surface area contributed by atoms with Gasteiger partial charge in [0.05, 0.1) is 12.1 Å². The molecule has 3 heterocycles. The molecule has 9 atom stereocenters. The maximum atomic E-state index is 12.2. The zero-order valence-electron chi connectivity index (χ0n) is 14.6. The van der Waals surface area contributed by atoms with Gasteiger partial charge in [0.25, 0.3) is 0 Å². The third-order valence-corrected chi connectivity index (χ3v) is 6.87. The third-order valence-electron chi connectivity index (χ3n) is 5.37. The maximum absolute atomic E-state index is 12.2. The lowest BCUT2D eigenvalue weighted by atomic mass is 9.92. The molecule has 27 heavy (non-hydrogen) atoms. The molecule has 0 aromatic heterocycles. The van der Waals surface area contributed by atoms with Gasteiger partial charge >= 0.3 is 6.03 Å². The van der Waals surface area contributed by atoms with E-state index in [9.17, 15) is 35.1 Å². The molecule has 0 aromatic rings. The van der Waals surface area contributed by atoms with E-state index in [0.29, 0.717) is 6.42 Å². The second-order valence-electron chi connectivity index (χ2n) is 7.24. The molecular weight excluding hydrogens is 380 g/mol. The molecule has 0 bridgehead atoms. The van der Waals surface area contributed by atoms with Gasteiger partial charge in [0.1, 0.15) is 30.5 Å². The van der Waals surface area contributed by atoms with Crippen molar-refractivity contribution in [3.05, 3.63) is 0 Å². The van der Waals surface area contributed by atoms with E-state index in [-0.39, 0.29) is 29.8 Å². The van der Waals surface area contributed by atoms with Crippen LogP contribution in [0.2, 0.25) is 0 Å². The maximum Gasteiger partial charge on any atom is 0.315 e. The van der Waals surface area contributed by atoms with Gasteiger partial charge < -0.3 is 40.9 Å². The predicted molar refractivity (Wildman–Crippen MR) is 93.9 cm³/mol. The van der Waals surface area contributed by atoms with Gasteiger partial charge in [-0.15, -0.1) is 0 Å². The molecule has 2 amide bonds. The Labute approximate surface area is 160 Å². The van der Waals surface area contributed by atoms with Crippen molar-refractivity contribution in [2.75, 3.05) is 5.75 Å². The van der Waals surface area contributed by atoms with E-state index in [0.717, 1.165) is 18.6 Å². The van der Waals surface area contributed by atoms with Crippen LogP contribution >= 0.6 is 11.8 Å². The van der Waals surface area contributed by atoms with E-state index in [2.05, 4.69) is 10.6 Å². The zero-order chi connectivity index (χ0) is 19.7. The molecule has 3 fully saturated rings. The minimum atomic E-state index is -1.79. The number of rotatable bonds is 7. The lowest BCUT2D eigenvalue weighted by Gasteiger charge is -2.39. The average Bonchev–Trinajstić information content (AvgIpc) is 3.18. The first kappa shape index (κ1) is 20.8. The lowest BCUT2D eigenvalue weighted by Crippen LogP contribution is -2.61. The van der Waals surface area contributed by atoms with Gasteiger partial charge in [-0.1, -0.05) is 6.42 Å². The lowest BCUT2D eigenvalue weighted by molar-refractivity contribution is -0.294. The van der Waals surface area contributed by atoms with Gasteiger partial charge in [-0.3, -0.25) is 4.79 Å².